The molecule has 0 fully saturated rings. The van der Waals surface area contributed by atoms with Crippen molar-refractivity contribution in [2.24, 2.45) is 0 Å². The van der Waals surface area contributed by atoms with Crippen molar-refractivity contribution in [3.05, 3.63) is 59.7 Å². The fourth-order valence-electron chi connectivity index (χ4n) is 1.55. The van der Waals surface area contributed by atoms with Gasteiger partial charge in [0.15, 0.2) is 0 Å². The molecule has 0 aromatic heterocycles. The van der Waals surface area contributed by atoms with Crippen LogP contribution in [0.4, 0.5) is 11.4 Å². The van der Waals surface area contributed by atoms with Crippen molar-refractivity contribution in [3.8, 4) is 0 Å². The number of alkyl halides is 1. The van der Waals surface area contributed by atoms with Crippen LogP contribution in [0.15, 0.2) is 48.5 Å². The minimum absolute atomic E-state index is 0.145. The summed E-state index contributed by atoms with van der Waals surface area (Å²) in [4.78, 5) is 12.0. The van der Waals surface area contributed by atoms with Crippen molar-refractivity contribution in [1.82, 2.24) is 0 Å². The summed E-state index contributed by atoms with van der Waals surface area (Å²) in [6.07, 6.45) is 0. The van der Waals surface area contributed by atoms with Crippen molar-refractivity contribution in [3.63, 3.8) is 0 Å². The van der Waals surface area contributed by atoms with Gasteiger partial charge >= 0.3 is 0 Å². The zero-order chi connectivity index (χ0) is 13.0. The summed E-state index contributed by atoms with van der Waals surface area (Å²) < 4.78 is 0.936. The van der Waals surface area contributed by atoms with E-state index in [4.69, 9.17) is 5.73 Å². The number of hydrogen-bond acceptors (Lipinski definition) is 2. The Balaban J connectivity index is 2.14. The third-order valence-electron chi connectivity index (χ3n) is 2.58. The topological polar surface area (TPSA) is 55.1 Å². The Bertz CT molecular complexity index is 552. The third-order valence-corrected chi connectivity index (χ3v) is 3.46. The van der Waals surface area contributed by atoms with Crippen LogP contribution in [0.1, 0.15) is 15.9 Å². The maximum atomic E-state index is 12.0. The quantitative estimate of drug-likeness (QED) is 0.505. The summed E-state index contributed by atoms with van der Waals surface area (Å²) in [6.45, 7) is 0. The lowest BCUT2D eigenvalue weighted by atomic mass is 10.1. The van der Waals surface area contributed by atoms with Crippen LogP contribution in [0.25, 0.3) is 0 Å². The Kier molecular flexibility index (Phi) is 4.19. The molecule has 18 heavy (non-hydrogen) atoms. The van der Waals surface area contributed by atoms with Crippen molar-refractivity contribution in [2.45, 2.75) is 4.43 Å². The lowest BCUT2D eigenvalue weighted by Crippen LogP contribution is -2.13. The first-order chi connectivity index (χ1) is 8.70. The molecule has 0 atom stereocenters. The number of halogens is 1. The standard InChI is InChI=1S/C14H13IN2O/c15-9-10-5-7-11(8-6-10)14(18)17-13-4-2-1-3-12(13)16/h1-8H,9,16H2,(H,17,18). The second kappa shape index (κ2) is 5.86. The van der Waals surface area contributed by atoms with Gasteiger partial charge in [0.1, 0.15) is 0 Å². The molecule has 2 aromatic rings. The smallest absolute Gasteiger partial charge is 0.255 e. The third kappa shape index (κ3) is 3.01. The number of amides is 1. The molecule has 0 aliphatic heterocycles. The molecule has 0 unspecified atom stereocenters. The van der Waals surface area contributed by atoms with Gasteiger partial charge in [-0.3, -0.25) is 4.79 Å². The number of anilines is 2. The van der Waals surface area contributed by atoms with Crippen LogP contribution in [-0.4, -0.2) is 5.91 Å². The van der Waals surface area contributed by atoms with Gasteiger partial charge in [-0.05, 0) is 29.8 Å². The molecule has 0 aliphatic rings. The molecular formula is C14H13IN2O. The largest absolute Gasteiger partial charge is 0.397 e. The predicted octanol–water partition coefficient (Wildman–Crippen LogP) is 3.46. The molecule has 0 saturated heterocycles. The number of hydrogen-bond donors (Lipinski definition) is 2. The normalized spacial score (nSPS) is 10.1. The van der Waals surface area contributed by atoms with E-state index in [2.05, 4.69) is 27.9 Å². The first-order valence-electron chi connectivity index (χ1n) is 5.51. The van der Waals surface area contributed by atoms with E-state index in [0.29, 0.717) is 16.9 Å². The fraction of sp³-hybridized carbons (Fsp3) is 0.0714. The number of nitrogens with two attached hydrogens (primary N) is 1. The highest BCUT2D eigenvalue weighted by Crippen LogP contribution is 2.18. The lowest BCUT2D eigenvalue weighted by Gasteiger charge is -2.08. The first kappa shape index (κ1) is 12.9. The van der Waals surface area contributed by atoms with E-state index in [1.165, 1.54) is 5.56 Å². The van der Waals surface area contributed by atoms with Crippen LogP contribution in [0.2, 0.25) is 0 Å². The van der Waals surface area contributed by atoms with E-state index in [0.717, 1.165) is 4.43 Å². The van der Waals surface area contributed by atoms with Gasteiger partial charge in [0, 0.05) is 9.99 Å². The Morgan fingerprint density at radius 2 is 1.78 bits per heavy atom. The predicted molar refractivity (Wildman–Crippen MR) is 83.0 cm³/mol. The van der Waals surface area contributed by atoms with E-state index in [-0.39, 0.29) is 5.91 Å². The molecule has 4 heteroatoms. The summed E-state index contributed by atoms with van der Waals surface area (Å²) in [5.74, 6) is -0.145. The molecule has 0 aliphatic carbocycles. The average molecular weight is 352 g/mol. The maximum Gasteiger partial charge on any atom is 0.255 e. The zero-order valence-electron chi connectivity index (χ0n) is 9.69. The minimum atomic E-state index is -0.145. The second-order valence-electron chi connectivity index (χ2n) is 3.87. The summed E-state index contributed by atoms with van der Waals surface area (Å²) in [6, 6.07) is 14.8. The molecule has 2 aromatic carbocycles. The fourth-order valence-corrected chi connectivity index (χ4v) is 2.06. The Morgan fingerprint density at radius 3 is 2.39 bits per heavy atom. The van der Waals surface area contributed by atoms with Gasteiger partial charge in [0.05, 0.1) is 11.4 Å². The first-order valence-corrected chi connectivity index (χ1v) is 7.04. The summed E-state index contributed by atoms with van der Waals surface area (Å²) in [7, 11) is 0. The van der Waals surface area contributed by atoms with E-state index < -0.39 is 0 Å². The maximum absolute atomic E-state index is 12.0. The summed E-state index contributed by atoms with van der Waals surface area (Å²) >= 11 is 2.29. The summed E-state index contributed by atoms with van der Waals surface area (Å²) in [5.41, 5.74) is 8.81. The SMILES string of the molecule is Nc1ccccc1NC(=O)c1ccc(CI)cc1. The lowest BCUT2D eigenvalue weighted by molar-refractivity contribution is 0.102. The number of para-hydroxylation sites is 2. The molecule has 0 heterocycles. The highest BCUT2D eigenvalue weighted by Gasteiger charge is 2.07. The van der Waals surface area contributed by atoms with E-state index >= 15 is 0 Å². The molecule has 0 radical (unpaired) electrons. The van der Waals surface area contributed by atoms with Gasteiger partial charge in [-0.15, -0.1) is 0 Å². The van der Waals surface area contributed by atoms with Gasteiger partial charge in [0.2, 0.25) is 0 Å². The average Bonchev–Trinajstić information content (AvgIpc) is 2.41. The van der Waals surface area contributed by atoms with Crippen LogP contribution < -0.4 is 11.1 Å². The van der Waals surface area contributed by atoms with Gasteiger partial charge in [-0.25, -0.2) is 0 Å². The zero-order valence-corrected chi connectivity index (χ0v) is 11.8. The number of carbonyl (C=O) groups excluding carboxylic acids is 1. The highest BCUT2D eigenvalue weighted by molar-refractivity contribution is 14.1. The van der Waals surface area contributed by atoms with Crippen molar-refractivity contribution < 1.29 is 4.79 Å². The molecule has 0 bridgehead atoms. The van der Waals surface area contributed by atoms with E-state index in [9.17, 15) is 4.79 Å². The number of carbonyl (C=O) groups is 1. The minimum Gasteiger partial charge on any atom is -0.397 e. The molecule has 92 valence electrons. The molecule has 3 nitrogen and oxygen atoms in total. The van der Waals surface area contributed by atoms with Gasteiger partial charge in [0.25, 0.3) is 5.91 Å². The molecule has 3 N–H and O–H groups in total. The van der Waals surface area contributed by atoms with Crippen LogP contribution in [0.5, 0.6) is 0 Å². The van der Waals surface area contributed by atoms with Crippen molar-refractivity contribution in [1.29, 1.82) is 0 Å². The number of nitrogens with one attached hydrogen (secondary N) is 1. The van der Waals surface area contributed by atoms with Gasteiger partial charge in [-0.2, -0.15) is 0 Å². The van der Waals surface area contributed by atoms with Crippen LogP contribution in [0, 0.1) is 0 Å². The molecule has 0 spiro atoms. The van der Waals surface area contributed by atoms with Crippen molar-refractivity contribution in [2.75, 3.05) is 11.1 Å². The van der Waals surface area contributed by atoms with E-state index in [1.807, 2.05) is 36.4 Å². The number of benzene rings is 2. The van der Waals surface area contributed by atoms with Crippen molar-refractivity contribution >= 4 is 39.9 Å². The Hall–Kier alpha value is -1.56. The number of rotatable bonds is 3. The highest BCUT2D eigenvalue weighted by atomic mass is 127. The number of nitrogen functional groups attached to an aromatic ring is 1. The molecule has 1 amide bonds. The van der Waals surface area contributed by atoms with Crippen LogP contribution in [0.3, 0.4) is 0 Å². The molecule has 2 rings (SSSR count). The monoisotopic (exact) mass is 352 g/mol. The Morgan fingerprint density at radius 1 is 1.11 bits per heavy atom. The van der Waals surface area contributed by atoms with Crippen LogP contribution in [-0.2, 0) is 4.43 Å². The molecule has 0 saturated carbocycles. The van der Waals surface area contributed by atoms with Crippen LogP contribution >= 0.6 is 22.6 Å². The molecular weight excluding hydrogens is 339 g/mol. The Labute approximate surface area is 120 Å². The summed E-state index contributed by atoms with van der Waals surface area (Å²) in [5, 5.41) is 2.80. The second-order valence-corrected chi connectivity index (χ2v) is 4.63. The van der Waals surface area contributed by atoms with E-state index in [1.54, 1.807) is 12.1 Å². The van der Waals surface area contributed by atoms with Gasteiger partial charge in [-0.1, -0.05) is 46.9 Å². The van der Waals surface area contributed by atoms with Gasteiger partial charge < -0.3 is 11.1 Å².